The van der Waals surface area contributed by atoms with Crippen LogP contribution < -0.4 is 22.0 Å². The highest BCUT2D eigenvalue weighted by molar-refractivity contribution is 6.16. The van der Waals surface area contributed by atoms with Crippen molar-refractivity contribution in [3.63, 3.8) is 0 Å². The number of pyridine rings is 5. The molecule has 0 saturated carbocycles. The molecule has 22 rings (SSSR count). The molecule has 0 N–H and O–H groups in total. The fourth-order valence-electron chi connectivity index (χ4n) is 23.2. The highest BCUT2D eigenvalue weighted by Gasteiger charge is 2.37. The van der Waals surface area contributed by atoms with Gasteiger partial charge in [-0.1, -0.05) is 294 Å². The lowest BCUT2D eigenvalue weighted by molar-refractivity contribution is -0.479. The van der Waals surface area contributed by atoms with Crippen molar-refractivity contribution >= 4 is 137 Å². The van der Waals surface area contributed by atoms with Crippen molar-refractivity contribution in [3.05, 3.63) is 346 Å². The summed E-state index contributed by atoms with van der Waals surface area (Å²) in [6.45, 7) is 58.8. The van der Waals surface area contributed by atoms with E-state index in [0.29, 0.717) is 65.4 Å². The molecule has 10 heterocycles. The predicted molar refractivity (Wildman–Crippen MR) is 574 cm³/mol. The molecule has 0 amide bonds. The predicted octanol–water partition coefficient (Wildman–Crippen LogP) is 32.0. The standard InChI is InChI=1S/C29H31N2.C28H29N2.2C23H27N2.C22H25N2/c1-18(2)23-15-11-16-24-26-20(5)12-10-17-25(26)31-28(22-13-8-7-9-14-22)21(6)30(19(3)4)29(31)27(23)24;1-18(2)22-15-11-16-24-23-14-9-10-17-25(23)30-27(21-12-7-6-8-13-21)20(5)29(19(3)4)28(30)26(22)24;2*1-14(2)18-10-8-11-19-21-16(5)9-7-12-20(21)24-13-17(6)25(15(3)4)23(24)22(18)19;1-14(2)17-10-8-11-19-18-9-6-7-12-20(18)23-13-16(5)24(15(3)4)22(23)21(17)19/h7-19H,1-6H3;6-19H,1-5H3;2*7-15H,1-6H3;6-15H,1-5H3/q5*+1/i;;5D3;;. The number of benzene rings is 12. The molecule has 12 aromatic carbocycles. The second kappa shape index (κ2) is 36.5. The van der Waals surface area contributed by atoms with Crippen molar-refractivity contribution in [1.29, 1.82) is 0 Å². The number of para-hydroxylation sites is 2. The van der Waals surface area contributed by atoms with E-state index in [9.17, 15) is 0 Å². The first-order valence-electron chi connectivity index (χ1n) is 51.0. The summed E-state index contributed by atoms with van der Waals surface area (Å²) in [6, 6.07) is 93.7. The van der Waals surface area contributed by atoms with Crippen molar-refractivity contribution in [3.8, 4) is 22.5 Å². The van der Waals surface area contributed by atoms with Crippen molar-refractivity contribution in [2.45, 2.75) is 254 Å². The molecule has 0 aliphatic heterocycles. The Morgan fingerprint density at radius 3 is 0.822 bits per heavy atom. The second-order valence-corrected chi connectivity index (χ2v) is 40.9. The topological polar surface area (TPSA) is 45.1 Å². The zero-order chi connectivity index (χ0) is 98.1. The van der Waals surface area contributed by atoms with E-state index in [-0.39, 0.29) is 0 Å². The van der Waals surface area contributed by atoms with Gasteiger partial charge in [-0.2, -0.15) is 22.0 Å². The molecule has 10 aromatic heterocycles. The number of aromatic nitrogens is 10. The van der Waals surface area contributed by atoms with Crippen molar-refractivity contribution < 1.29 is 26.1 Å². The molecular formula is C125H139N10+5. The number of nitrogens with zero attached hydrogens (tertiary/aromatic N) is 10. The minimum absolute atomic E-state index is 0.302. The molecule has 0 unspecified atom stereocenters. The Kier molecular flexibility index (Phi) is 23.9. The van der Waals surface area contributed by atoms with Crippen LogP contribution in [0.2, 0.25) is 0 Å². The average molecular weight is 1780 g/mol. The third-order valence-electron chi connectivity index (χ3n) is 28.6. The van der Waals surface area contributed by atoms with Crippen molar-refractivity contribution in [2.75, 3.05) is 0 Å². The van der Waals surface area contributed by atoms with E-state index in [2.05, 4.69) is 487 Å². The minimum Gasteiger partial charge on any atom is -0.225 e. The lowest BCUT2D eigenvalue weighted by Gasteiger charge is -2.14. The molecule has 0 bridgehead atoms. The van der Waals surface area contributed by atoms with Gasteiger partial charge in [0.1, 0.15) is 74.6 Å². The van der Waals surface area contributed by atoms with E-state index >= 15 is 0 Å². The summed E-state index contributed by atoms with van der Waals surface area (Å²) in [5.41, 5.74) is 34.0. The lowest BCUT2D eigenvalue weighted by Crippen LogP contribution is -2.25. The van der Waals surface area contributed by atoms with Gasteiger partial charge in [0.15, 0.2) is 11.4 Å². The quantitative estimate of drug-likeness (QED) is 0.0864. The van der Waals surface area contributed by atoms with Crippen molar-refractivity contribution in [1.82, 2.24) is 22.8 Å². The van der Waals surface area contributed by atoms with Gasteiger partial charge < -0.3 is 0 Å². The summed E-state index contributed by atoms with van der Waals surface area (Å²) < 4.78 is 48.7. The number of hydrogen-bond donors (Lipinski definition) is 0. The number of aryl methyl sites for hydroxylation is 6. The molecule has 0 fully saturated rings. The first-order chi connectivity index (χ1) is 66.0. The first kappa shape index (κ1) is 88.3. The first-order valence-corrected chi connectivity index (χ1v) is 49.5. The van der Waals surface area contributed by atoms with Crippen LogP contribution in [-0.4, -0.2) is 22.8 Å². The number of fused-ring (bicyclic) bond motifs is 30. The van der Waals surface area contributed by atoms with Gasteiger partial charge in [-0.25, -0.2) is 22.8 Å². The molecule has 0 aliphatic carbocycles. The van der Waals surface area contributed by atoms with Gasteiger partial charge in [0.05, 0.1) is 57.1 Å². The van der Waals surface area contributed by atoms with E-state index in [1.54, 1.807) is 6.07 Å². The maximum absolute atomic E-state index is 8.11. The van der Waals surface area contributed by atoms with Crippen LogP contribution in [-0.2, 0) is 0 Å². The Morgan fingerprint density at radius 1 is 0.215 bits per heavy atom. The van der Waals surface area contributed by atoms with Crippen LogP contribution in [0.15, 0.2) is 273 Å². The summed E-state index contributed by atoms with van der Waals surface area (Å²) >= 11 is 0. The van der Waals surface area contributed by atoms with Gasteiger partial charge in [0, 0.05) is 104 Å². The maximum Gasteiger partial charge on any atom is 0.295 e. The maximum atomic E-state index is 8.11. The largest absolute Gasteiger partial charge is 0.295 e. The van der Waals surface area contributed by atoms with E-state index in [4.69, 9.17) is 4.11 Å². The monoisotopic (exact) mass is 1780 g/mol. The minimum atomic E-state index is -2.16. The number of rotatable bonds is 12. The van der Waals surface area contributed by atoms with Gasteiger partial charge in [-0.3, -0.25) is 0 Å². The van der Waals surface area contributed by atoms with Crippen LogP contribution in [0, 0.1) is 55.3 Å². The molecule has 0 aliphatic rings. The summed E-state index contributed by atoms with van der Waals surface area (Å²) in [7, 11) is 0. The Balaban J connectivity index is 0.000000115. The fraction of sp³-hybridized carbons (Fsp3) is 0.304. The Bertz CT molecular complexity index is 8530. The molecule has 10 heteroatoms. The zero-order valence-corrected chi connectivity index (χ0v) is 84.7. The molecule has 135 heavy (non-hydrogen) atoms. The molecule has 684 valence electrons. The van der Waals surface area contributed by atoms with Gasteiger partial charge in [-0.15, -0.1) is 0 Å². The van der Waals surface area contributed by atoms with E-state index in [0.717, 1.165) is 27.3 Å². The van der Waals surface area contributed by atoms with Crippen LogP contribution in [0.4, 0.5) is 0 Å². The van der Waals surface area contributed by atoms with Crippen LogP contribution in [0.1, 0.15) is 275 Å². The fourth-order valence-corrected chi connectivity index (χ4v) is 23.2. The van der Waals surface area contributed by atoms with Crippen LogP contribution >= 0.6 is 0 Å². The Labute approximate surface area is 802 Å². The van der Waals surface area contributed by atoms with E-state index in [1.807, 2.05) is 12.1 Å². The normalized spacial score (nSPS) is 12.6. The van der Waals surface area contributed by atoms with Crippen LogP contribution in [0.5, 0.6) is 0 Å². The third-order valence-corrected chi connectivity index (χ3v) is 28.6. The SMILES string of the molecule is Cc1c(-c2ccccc2)[n+]2c3ccccc3c3cccc(C(C)C)c3c2n1C(C)C.Cc1c[n+]2c3ccccc3c3cccc(C(C)C)c3c2n1C(C)C.Cc1cccc2c1c1cccc(C(C)C)c1c1n(C(C)C)c(C)c(-c3ccccc3)[n+]21.Cc1cccc2c1c1cccc(C(C)C)c1c1n(C(C)C)c(C)c[n+]21.[2H]C([2H])([2H])c1cccc2c1c1cccc(C(C)C)c1c1n(C(C)C)c(C)c[n+]21. The van der Waals surface area contributed by atoms with E-state index < -0.39 is 6.85 Å². The lowest BCUT2D eigenvalue weighted by atomic mass is 9.93. The highest BCUT2D eigenvalue weighted by Crippen LogP contribution is 2.44. The van der Waals surface area contributed by atoms with Gasteiger partial charge in [-0.05, 0) is 194 Å². The molecule has 0 radical (unpaired) electrons. The average Bonchev–Trinajstić information content (AvgIpc) is 1.54. The summed E-state index contributed by atoms with van der Waals surface area (Å²) in [5, 5.41) is 19.4. The Hall–Kier alpha value is -13.3. The Morgan fingerprint density at radius 2 is 0.467 bits per heavy atom. The van der Waals surface area contributed by atoms with Crippen molar-refractivity contribution in [2.24, 2.45) is 0 Å². The van der Waals surface area contributed by atoms with Gasteiger partial charge in [0.2, 0.25) is 0 Å². The number of hydrogen-bond acceptors (Lipinski definition) is 0. The van der Waals surface area contributed by atoms with E-state index in [1.165, 1.54) is 199 Å². The molecule has 10 nitrogen and oxygen atoms in total. The number of imidazole rings is 5. The highest BCUT2D eigenvalue weighted by atomic mass is 15.2. The molecule has 0 spiro atoms. The molecule has 0 saturated heterocycles. The van der Waals surface area contributed by atoms with Gasteiger partial charge in [0.25, 0.3) is 28.2 Å². The summed E-state index contributed by atoms with van der Waals surface area (Å²) in [5.74, 6) is 2.22. The van der Waals surface area contributed by atoms with Gasteiger partial charge >= 0.3 is 0 Å². The molecule has 22 aromatic rings. The molecule has 0 atom stereocenters. The van der Waals surface area contributed by atoms with Crippen LogP contribution in [0.25, 0.3) is 159 Å². The summed E-state index contributed by atoms with van der Waals surface area (Å²) in [4.78, 5) is 0. The smallest absolute Gasteiger partial charge is 0.225 e. The second-order valence-electron chi connectivity index (χ2n) is 40.9. The molecular weight excluding hydrogens is 1640 g/mol. The van der Waals surface area contributed by atoms with Crippen LogP contribution in [0.3, 0.4) is 0 Å². The summed E-state index contributed by atoms with van der Waals surface area (Å²) in [6.07, 6.45) is 6.72. The third kappa shape index (κ3) is 15.4. The zero-order valence-electron chi connectivity index (χ0n) is 87.7.